The van der Waals surface area contributed by atoms with E-state index in [-0.39, 0.29) is 27.6 Å². The number of rotatable bonds is 5. The number of nitrogens with one attached hydrogen (secondary N) is 1. The predicted octanol–water partition coefficient (Wildman–Crippen LogP) is 2.27. The van der Waals surface area contributed by atoms with E-state index in [0.29, 0.717) is 37.4 Å². The molecule has 2 aromatic carbocycles. The van der Waals surface area contributed by atoms with E-state index < -0.39 is 16.0 Å². The van der Waals surface area contributed by atoms with E-state index in [1.165, 1.54) is 12.1 Å². The first-order chi connectivity index (χ1) is 13.7. The number of hydrogen-bond donors (Lipinski definition) is 2. The van der Waals surface area contributed by atoms with Crippen molar-refractivity contribution in [2.45, 2.75) is 18.7 Å². The van der Waals surface area contributed by atoms with Crippen molar-refractivity contribution in [2.24, 2.45) is 0 Å². The fourth-order valence-electron chi connectivity index (χ4n) is 3.12. The van der Waals surface area contributed by atoms with E-state index in [9.17, 15) is 23.1 Å². The Balaban J connectivity index is 1.98. The molecular formula is C20H22N2O6S. The predicted molar refractivity (Wildman–Crippen MR) is 107 cm³/mol. The first-order valence-corrected chi connectivity index (χ1v) is 10.5. The standard InChI is InChI=1S/C20H22N2O6S/c1-13-11-15(20(24)25)12-18(14(13)2)29(26,27)21-17-6-4-3-5-16(17)19(23)22-7-9-28-10-8-22/h3-6,11-12,21H,7-10H2,1-2H3,(H,24,25). The van der Waals surface area contributed by atoms with Gasteiger partial charge in [-0.25, -0.2) is 13.2 Å². The molecule has 0 spiro atoms. The van der Waals surface area contributed by atoms with Crippen molar-refractivity contribution in [3.05, 3.63) is 58.7 Å². The van der Waals surface area contributed by atoms with Gasteiger partial charge in [0, 0.05) is 13.1 Å². The number of carbonyl (C=O) groups excluding carboxylic acids is 1. The number of carbonyl (C=O) groups is 2. The van der Waals surface area contributed by atoms with Crippen LogP contribution in [0.4, 0.5) is 5.69 Å². The number of amides is 1. The van der Waals surface area contributed by atoms with Crippen molar-refractivity contribution in [2.75, 3.05) is 31.0 Å². The summed E-state index contributed by atoms with van der Waals surface area (Å²) in [7, 11) is -4.12. The van der Waals surface area contributed by atoms with Gasteiger partial charge in [-0.15, -0.1) is 0 Å². The van der Waals surface area contributed by atoms with E-state index in [4.69, 9.17) is 4.74 Å². The summed E-state index contributed by atoms with van der Waals surface area (Å²) in [4.78, 5) is 25.7. The molecule has 1 fully saturated rings. The highest BCUT2D eigenvalue weighted by atomic mass is 32.2. The van der Waals surface area contributed by atoms with Crippen molar-refractivity contribution in [3.63, 3.8) is 0 Å². The molecule has 29 heavy (non-hydrogen) atoms. The molecule has 0 bridgehead atoms. The lowest BCUT2D eigenvalue weighted by Gasteiger charge is -2.27. The second kappa shape index (κ2) is 8.22. The summed E-state index contributed by atoms with van der Waals surface area (Å²) in [6.07, 6.45) is 0. The van der Waals surface area contributed by atoms with Crippen molar-refractivity contribution in [3.8, 4) is 0 Å². The van der Waals surface area contributed by atoms with Crippen LogP contribution < -0.4 is 4.72 Å². The van der Waals surface area contributed by atoms with Gasteiger partial charge in [0.05, 0.1) is 34.9 Å². The largest absolute Gasteiger partial charge is 0.478 e. The first-order valence-electron chi connectivity index (χ1n) is 9.04. The van der Waals surface area contributed by atoms with Crippen molar-refractivity contribution < 1.29 is 27.9 Å². The van der Waals surface area contributed by atoms with E-state index in [1.54, 1.807) is 36.9 Å². The summed E-state index contributed by atoms with van der Waals surface area (Å²) in [5.41, 5.74) is 1.23. The van der Waals surface area contributed by atoms with E-state index >= 15 is 0 Å². The maximum Gasteiger partial charge on any atom is 0.335 e. The number of nitrogens with zero attached hydrogens (tertiary/aromatic N) is 1. The summed E-state index contributed by atoms with van der Waals surface area (Å²) >= 11 is 0. The van der Waals surface area contributed by atoms with Crippen LogP contribution in [-0.4, -0.2) is 56.6 Å². The molecule has 0 saturated carbocycles. The quantitative estimate of drug-likeness (QED) is 0.770. The molecule has 2 N–H and O–H groups in total. The molecule has 2 aromatic rings. The highest BCUT2D eigenvalue weighted by molar-refractivity contribution is 7.92. The highest BCUT2D eigenvalue weighted by Gasteiger charge is 2.25. The Morgan fingerprint density at radius 1 is 1.10 bits per heavy atom. The number of anilines is 1. The SMILES string of the molecule is Cc1cc(C(=O)O)cc(S(=O)(=O)Nc2ccccc2C(=O)N2CCOCC2)c1C. The number of hydrogen-bond acceptors (Lipinski definition) is 5. The zero-order chi connectivity index (χ0) is 21.2. The molecule has 3 rings (SSSR count). The number of para-hydroxylation sites is 1. The van der Waals surface area contributed by atoms with Gasteiger partial charge in [-0.05, 0) is 49.2 Å². The van der Waals surface area contributed by atoms with Crippen LogP contribution in [0.15, 0.2) is 41.3 Å². The van der Waals surface area contributed by atoms with Crippen LogP contribution in [0.1, 0.15) is 31.8 Å². The molecule has 0 radical (unpaired) electrons. The lowest BCUT2D eigenvalue weighted by atomic mass is 10.1. The Kier molecular flexibility index (Phi) is 5.90. The minimum Gasteiger partial charge on any atom is -0.478 e. The normalized spacial score (nSPS) is 14.5. The lowest BCUT2D eigenvalue weighted by Crippen LogP contribution is -2.41. The molecule has 0 unspecified atom stereocenters. The van der Waals surface area contributed by atoms with Crippen LogP contribution in [0.5, 0.6) is 0 Å². The molecule has 1 saturated heterocycles. The van der Waals surface area contributed by atoms with Gasteiger partial charge in [-0.1, -0.05) is 12.1 Å². The molecule has 0 aromatic heterocycles. The third kappa shape index (κ3) is 4.41. The van der Waals surface area contributed by atoms with Gasteiger partial charge >= 0.3 is 5.97 Å². The van der Waals surface area contributed by atoms with Crippen LogP contribution >= 0.6 is 0 Å². The maximum absolute atomic E-state index is 13.1. The summed E-state index contributed by atoms with van der Waals surface area (Å²) in [6.45, 7) is 4.98. The minimum absolute atomic E-state index is 0.119. The number of aromatic carboxylic acids is 1. The molecule has 9 heteroatoms. The molecule has 1 amide bonds. The van der Waals surface area contributed by atoms with Crippen LogP contribution in [0.25, 0.3) is 0 Å². The molecule has 1 heterocycles. The highest BCUT2D eigenvalue weighted by Crippen LogP contribution is 2.26. The maximum atomic E-state index is 13.1. The zero-order valence-electron chi connectivity index (χ0n) is 16.1. The number of ether oxygens (including phenoxy) is 1. The van der Waals surface area contributed by atoms with Crippen LogP contribution in [0.3, 0.4) is 0 Å². The molecule has 154 valence electrons. The van der Waals surface area contributed by atoms with Gasteiger partial charge in [0.2, 0.25) is 0 Å². The summed E-state index contributed by atoms with van der Waals surface area (Å²) < 4.78 is 33.8. The van der Waals surface area contributed by atoms with Crippen molar-refractivity contribution >= 4 is 27.6 Å². The average molecular weight is 418 g/mol. The Bertz CT molecular complexity index is 1060. The first kappa shape index (κ1) is 20.8. The smallest absolute Gasteiger partial charge is 0.335 e. The lowest BCUT2D eigenvalue weighted by molar-refractivity contribution is 0.0303. The second-order valence-corrected chi connectivity index (χ2v) is 8.43. The fraction of sp³-hybridized carbons (Fsp3) is 0.300. The Hall–Kier alpha value is -2.91. The van der Waals surface area contributed by atoms with Crippen LogP contribution in [0, 0.1) is 13.8 Å². The topological polar surface area (TPSA) is 113 Å². The van der Waals surface area contributed by atoms with E-state index in [1.807, 2.05) is 0 Å². The number of aryl methyl sites for hydroxylation is 1. The Morgan fingerprint density at radius 3 is 2.41 bits per heavy atom. The number of morpholine rings is 1. The number of sulfonamides is 1. The summed E-state index contributed by atoms with van der Waals surface area (Å²) in [5.74, 6) is -1.51. The summed E-state index contributed by atoms with van der Waals surface area (Å²) in [6, 6.07) is 8.90. The van der Waals surface area contributed by atoms with Gasteiger partial charge in [0.25, 0.3) is 15.9 Å². The molecular weight excluding hydrogens is 396 g/mol. The van der Waals surface area contributed by atoms with Gasteiger partial charge in [-0.2, -0.15) is 0 Å². The second-order valence-electron chi connectivity index (χ2n) is 6.78. The molecule has 8 nitrogen and oxygen atoms in total. The monoisotopic (exact) mass is 418 g/mol. The van der Waals surface area contributed by atoms with Gasteiger partial charge in [0.1, 0.15) is 0 Å². The zero-order valence-corrected chi connectivity index (χ0v) is 17.0. The molecule has 1 aliphatic rings. The Labute approximate surface area is 169 Å². The third-order valence-electron chi connectivity index (χ3n) is 4.86. The van der Waals surface area contributed by atoms with E-state index in [2.05, 4.69) is 4.72 Å². The Morgan fingerprint density at radius 2 is 1.76 bits per heavy atom. The van der Waals surface area contributed by atoms with E-state index in [0.717, 1.165) is 6.07 Å². The number of benzene rings is 2. The summed E-state index contributed by atoms with van der Waals surface area (Å²) in [5, 5.41) is 9.27. The van der Waals surface area contributed by atoms with Gasteiger partial charge in [-0.3, -0.25) is 9.52 Å². The third-order valence-corrected chi connectivity index (χ3v) is 6.35. The number of carboxylic acids is 1. The minimum atomic E-state index is -4.12. The molecule has 0 atom stereocenters. The van der Waals surface area contributed by atoms with Crippen LogP contribution in [0.2, 0.25) is 0 Å². The molecule has 0 aliphatic carbocycles. The number of carboxylic acid groups (broad SMARTS) is 1. The fourth-order valence-corrected chi connectivity index (χ4v) is 4.55. The van der Waals surface area contributed by atoms with Gasteiger partial charge in [0.15, 0.2) is 0 Å². The average Bonchev–Trinajstić information content (AvgIpc) is 2.70. The van der Waals surface area contributed by atoms with Crippen molar-refractivity contribution in [1.82, 2.24) is 4.90 Å². The van der Waals surface area contributed by atoms with Gasteiger partial charge < -0.3 is 14.7 Å². The van der Waals surface area contributed by atoms with Crippen molar-refractivity contribution in [1.29, 1.82) is 0 Å². The van der Waals surface area contributed by atoms with Crippen LogP contribution in [-0.2, 0) is 14.8 Å². The molecule has 1 aliphatic heterocycles.